The molecular weight excluding hydrogens is 565 g/mol. The molecule has 3 aromatic carbocycles. The fraction of sp³-hybridized carbons (Fsp3) is 0.0769. The standard InChI is InChI=1S/C26H19BrFN3O7/c1-37-21-12-14(11-18(27)23(21)38-13-22(33)29-20-5-3-2-4-19(20)28)10-17-24(34)30-26(36)31(25(17)35)15-6-8-16(32)9-7-15/h2-12,32H,13H2,1H3,(H,29,33)(H,30,34,36)/b17-10-. The number of carbonyl (C=O) groups is 4. The molecule has 1 heterocycles. The maximum absolute atomic E-state index is 13.8. The molecule has 0 spiro atoms. The van der Waals surface area contributed by atoms with Crippen LogP contribution in [0.4, 0.5) is 20.6 Å². The predicted octanol–water partition coefficient (Wildman–Crippen LogP) is 3.99. The number of para-hydroxylation sites is 1. The Bertz CT molecular complexity index is 1470. The zero-order chi connectivity index (χ0) is 27.4. The second-order valence-electron chi connectivity index (χ2n) is 7.83. The van der Waals surface area contributed by atoms with Crippen molar-refractivity contribution in [2.75, 3.05) is 23.9 Å². The topological polar surface area (TPSA) is 134 Å². The van der Waals surface area contributed by atoms with Gasteiger partial charge in [-0.05, 0) is 76.1 Å². The molecule has 194 valence electrons. The molecular formula is C26H19BrFN3O7. The molecule has 0 aromatic heterocycles. The molecule has 0 bridgehead atoms. The fourth-order valence-electron chi connectivity index (χ4n) is 3.51. The number of phenols is 1. The Morgan fingerprint density at radius 2 is 1.84 bits per heavy atom. The number of methoxy groups -OCH3 is 1. The van der Waals surface area contributed by atoms with Crippen LogP contribution in [0.15, 0.2) is 70.7 Å². The number of hydrogen-bond donors (Lipinski definition) is 3. The lowest BCUT2D eigenvalue weighted by molar-refractivity contribution is -0.122. The summed E-state index contributed by atoms with van der Waals surface area (Å²) in [5, 5.41) is 14.0. The van der Waals surface area contributed by atoms with Crippen LogP contribution in [0.1, 0.15) is 5.56 Å². The second kappa shape index (κ2) is 11.1. The molecule has 0 saturated carbocycles. The van der Waals surface area contributed by atoms with Gasteiger partial charge in [0.1, 0.15) is 17.1 Å². The minimum atomic E-state index is -0.931. The summed E-state index contributed by atoms with van der Waals surface area (Å²) in [5.41, 5.74) is 0.171. The van der Waals surface area contributed by atoms with Gasteiger partial charge in [0.05, 0.1) is 23.0 Å². The number of barbiturate groups is 1. The van der Waals surface area contributed by atoms with E-state index in [0.29, 0.717) is 10.0 Å². The molecule has 0 unspecified atom stereocenters. The smallest absolute Gasteiger partial charge is 0.335 e. The molecule has 0 atom stereocenters. The summed E-state index contributed by atoms with van der Waals surface area (Å²) < 4.78 is 25.0. The van der Waals surface area contributed by atoms with Crippen LogP contribution in [0.25, 0.3) is 6.08 Å². The molecule has 1 aliphatic heterocycles. The van der Waals surface area contributed by atoms with Crippen molar-refractivity contribution in [2.45, 2.75) is 0 Å². The maximum atomic E-state index is 13.8. The van der Waals surface area contributed by atoms with E-state index in [1.807, 2.05) is 0 Å². The van der Waals surface area contributed by atoms with Crippen LogP contribution in [-0.2, 0) is 14.4 Å². The van der Waals surface area contributed by atoms with E-state index in [0.717, 1.165) is 4.90 Å². The number of hydrogen-bond acceptors (Lipinski definition) is 7. The van der Waals surface area contributed by atoms with E-state index in [-0.39, 0.29) is 34.2 Å². The van der Waals surface area contributed by atoms with Gasteiger partial charge in [-0.3, -0.25) is 19.7 Å². The Morgan fingerprint density at radius 1 is 1.13 bits per heavy atom. The van der Waals surface area contributed by atoms with Gasteiger partial charge in [-0.2, -0.15) is 0 Å². The maximum Gasteiger partial charge on any atom is 0.335 e. The van der Waals surface area contributed by atoms with Crippen molar-refractivity contribution in [3.63, 3.8) is 0 Å². The SMILES string of the molecule is COc1cc(/C=C2/C(=O)NC(=O)N(c3ccc(O)cc3)C2=O)cc(Br)c1OCC(=O)Nc1ccccc1F. The quantitative estimate of drug-likeness (QED) is 0.283. The first-order valence-electron chi connectivity index (χ1n) is 10.9. The average Bonchev–Trinajstić information content (AvgIpc) is 2.88. The van der Waals surface area contributed by atoms with Crippen molar-refractivity contribution in [1.82, 2.24) is 5.32 Å². The molecule has 5 amide bonds. The number of phenolic OH excluding ortho intramolecular Hbond substituents is 1. The minimum absolute atomic E-state index is 0.00404. The Balaban J connectivity index is 1.56. The van der Waals surface area contributed by atoms with Gasteiger partial charge in [0.25, 0.3) is 17.7 Å². The number of benzene rings is 3. The molecule has 4 rings (SSSR count). The van der Waals surface area contributed by atoms with E-state index in [4.69, 9.17) is 9.47 Å². The Hall–Kier alpha value is -4.71. The van der Waals surface area contributed by atoms with Crippen LogP contribution in [-0.4, -0.2) is 42.6 Å². The van der Waals surface area contributed by atoms with E-state index in [9.17, 15) is 28.7 Å². The zero-order valence-corrected chi connectivity index (χ0v) is 21.2. The first-order valence-corrected chi connectivity index (χ1v) is 11.7. The van der Waals surface area contributed by atoms with E-state index < -0.39 is 36.2 Å². The molecule has 1 aliphatic rings. The van der Waals surface area contributed by atoms with Gasteiger partial charge in [-0.1, -0.05) is 12.1 Å². The van der Waals surface area contributed by atoms with Gasteiger partial charge in [0.2, 0.25) is 0 Å². The number of imide groups is 2. The highest BCUT2D eigenvalue weighted by molar-refractivity contribution is 9.10. The largest absolute Gasteiger partial charge is 0.508 e. The summed E-state index contributed by atoms with van der Waals surface area (Å²) in [4.78, 5) is 50.9. The van der Waals surface area contributed by atoms with E-state index >= 15 is 0 Å². The summed E-state index contributed by atoms with van der Waals surface area (Å²) in [7, 11) is 1.36. The zero-order valence-electron chi connectivity index (χ0n) is 19.7. The van der Waals surface area contributed by atoms with Gasteiger partial charge >= 0.3 is 6.03 Å². The van der Waals surface area contributed by atoms with Crippen molar-refractivity contribution < 1.29 is 38.1 Å². The molecule has 3 N–H and O–H groups in total. The summed E-state index contributed by atoms with van der Waals surface area (Å²) >= 11 is 3.33. The van der Waals surface area contributed by atoms with Crippen LogP contribution < -0.4 is 25.0 Å². The molecule has 10 nitrogen and oxygen atoms in total. The van der Waals surface area contributed by atoms with Crippen LogP contribution in [0.2, 0.25) is 0 Å². The highest BCUT2D eigenvalue weighted by Crippen LogP contribution is 2.37. The monoisotopic (exact) mass is 583 g/mol. The Morgan fingerprint density at radius 3 is 2.53 bits per heavy atom. The lowest BCUT2D eigenvalue weighted by Crippen LogP contribution is -2.54. The van der Waals surface area contributed by atoms with Crippen LogP contribution in [0.3, 0.4) is 0 Å². The Kier molecular flexibility index (Phi) is 7.72. The molecule has 38 heavy (non-hydrogen) atoms. The highest BCUT2D eigenvalue weighted by atomic mass is 79.9. The third-order valence-corrected chi connectivity index (χ3v) is 5.86. The van der Waals surface area contributed by atoms with Crippen LogP contribution in [0.5, 0.6) is 17.2 Å². The highest BCUT2D eigenvalue weighted by Gasteiger charge is 2.36. The van der Waals surface area contributed by atoms with Gasteiger partial charge in [-0.15, -0.1) is 0 Å². The summed E-state index contributed by atoms with van der Waals surface area (Å²) in [5.74, 6) is -2.71. The number of rotatable bonds is 7. The summed E-state index contributed by atoms with van der Waals surface area (Å²) in [6, 6.07) is 13.0. The first kappa shape index (κ1) is 26.4. The van der Waals surface area contributed by atoms with E-state index in [2.05, 4.69) is 26.6 Å². The number of amides is 5. The van der Waals surface area contributed by atoms with Gasteiger partial charge in [-0.25, -0.2) is 14.1 Å². The van der Waals surface area contributed by atoms with Gasteiger partial charge < -0.3 is 19.9 Å². The van der Waals surface area contributed by atoms with Crippen molar-refractivity contribution in [1.29, 1.82) is 0 Å². The summed E-state index contributed by atoms with van der Waals surface area (Å²) in [6.45, 7) is -0.464. The lowest BCUT2D eigenvalue weighted by atomic mass is 10.1. The van der Waals surface area contributed by atoms with E-state index in [1.54, 1.807) is 6.07 Å². The van der Waals surface area contributed by atoms with Crippen LogP contribution in [0, 0.1) is 5.82 Å². The first-order chi connectivity index (χ1) is 18.2. The Labute approximate surface area is 223 Å². The fourth-order valence-corrected chi connectivity index (χ4v) is 4.08. The number of anilines is 2. The minimum Gasteiger partial charge on any atom is -0.508 e. The van der Waals surface area contributed by atoms with Crippen molar-refractivity contribution in [2.24, 2.45) is 0 Å². The summed E-state index contributed by atoms with van der Waals surface area (Å²) in [6.07, 6.45) is 1.26. The van der Waals surface area contributed by atoms with Gasteiger partial charge in [0.15, 0.2) is 18.1 Å². The number of halogens is 2. The van der Waals surface area contributed by atoms with E-state index in [1.165, 1.54) is 67.8 Å². The van der Waals surface area contributed by atoms with Crippen molar-refractivity contribution in [3.05, 3.63) is 82.1 Å². The van der Waals surface area contributed by atoms with Crippen molar-refractivity contribution in [3.8, 4) is 17.2 Å². The van der Waals surface area contributed by atoms with Gasteiger partial charge in [0, 0.05) is 0 Å². The number of nitrogens with one attached hydrogen (secondary N) is 2. The molecule has 1 saturated heterocycles. The van der Waals surface area contributed by atoms with Crippen molar-refractivity contribution >= 4 is 57.1 Å². The lowest BCUT2D eigenvalue weighted by Gasteiger charge is -2.26. The predicted molar refractivity (Wildman–Crippen MR) is 138 cm³/mol. The third-order valence-electron chi connectivity index (χ3n) is 5.27. The number of aromatic hydroxyl groups is 1. The molecule has 0 aliphatic carbocycles. The van der Waals surface area contributed by atoms with Crippen LogP contribution >= 0.6 is 15.9 Å². The second-order valence-corrected chi connectivity index (χ2v) is 8.68. The third kappa shape index (κ3) is 5.65. The average molecular weight is 584 g/mol. The number of carbonyl (C=O) groups excluding carboxylic acids is 4. The number of ether oxygens (including phenoxy) is 2. The number of nitrogens with zero attached hydrogens (tertiary/aromatic N) is 1. The molecule has 1 fully saturated rings. The molecule has 3 aromatic rings. The normalized spacial score (nSPS) is 14.3. The number of urea groups is 1. The molecule has 0 radical (unpaired) electrons. The molecule has 12 heteroatoms.